The Kier molecular flexibility index (Phi) is 6.89. The minimum absolute atomic E-state index is 0.263. The molecule has 8 nitrogen and oxygen atoms in total. The average molecular weight is 496 g/mol. The van der Waals surface area contributed by atoms with Crippen LogP contribution in [0.15, 0.2) is 57.7 Å². The molecule has 2 amide bonds. The number of benzene rings is 1. The van der Waals surface area contributed by atoms with E-state index in [1.807, 2.05) is 24.4 Å². The van der Waals surface area contributed by atoms with Crippen molar-refractivity contribution in [2.24, 2.45) is 4.99 Å². The fraction of sp³-hybridized carbons (Fsp3) is 0.375. The van der Waals surface area contributed by atoms with Crippen molar-refractivity contribution in [2.45, 2.75) is 38.3 Å². The summed E-state index contributed by atoms with van der Waals surface area (Å²) >= 11 is 3.18. The molecule has 1 unspecified atom stereocenters. The Morgan fingerprint density at radius 1 is 1.26 bits per heavy atom. The molecule has 3 aliphatic heterocycles. The predicted octanol–water partition coefficient (Wildman–Crippen LogP) is 4.33. The van der Waals surface area contributed by atoms with E-state index in [9.17, 15) is 4.79 Å². The first-order chi connectivity index (χ1) is 16.6. The molecule has 1 atom stereocenters. The van der Waals surface area contributed by atoms with E-state index in [0.717, 1.165) is 49.0 Å². The van der Waals surface area contributed by atoms with Crippen LogP contribution in [0, 0.1) is 0 Å². The van der Waals surface area contributed by atoms with E-state index in [-0.39, 0.29) is 11.6 Å². The summed E-state index contributed by atoms with van der Waals surface area (Å²) in [5.74, 6) is 1.00. The maximum atomic E-state index is 12.5. The number of hydrogen-bond acceptors (Lipinski definition) is 8. The van der Waals surface area contributed by atoms with Crippen LogP contribution in [0.4, 0.5) is 15.6 Å². The number of urea groups is 1. The molecule has 3 aliphatic rings. The second kappa shape index (κ2) is 10.2. The van der Waals surface area contributed by atoms with Crippen LogP contribution in [0.25, 0.3) is 0 Å². The van der Waals surface area contributed by atoms with Crippen molar-refractivity contribution in [3.8, 4) is 0 Å². The molecule has 1 aromatic heterocycles. The summed E-state index contributed by atoms with van der Waals surface area (Å²) in [4.78, 5) is 26.1. The summed E-state index contributed by atoms with van der Waals surface area (Å²) < 4.78 is 0. The Morgan fingerprint density at radius 3 is 3.03 bits per heavy atom. The van der Waals surface area contributed by atoms with Gasteiger partial charge in [0.2, 0.25) is 0 Å². The molecule has 4 N–H and O–H groups in total. The normalized spacial score (nSPS) is 21.4. The van der Waals surface area contributed by atoms with Gasteiger partial charge in [-0.05, 0) is 62.0 Å². The number of nitrogens with one attached hydrogen (secondary N) is 4. The molecule has 0 radical (unpaired) electrons. The summed E-state index contributed by atoms with van der Waals surface area (Å²) in [6.45, 7) is 6.09. The van der Waals surface area contributed by atoms with Gasteiger partial charge in [-0.1, -0.05) is 23.9 Å². The number of nitrogens with zero attached hydrogens (tertiary/aromatic N) is 3. The molecule has 1 fully saturated rings. The molecule has 2 aromatic rings. The van der Waals surface area contributed by atoms with Crippen molar-refractivity contribution in [1.82, 2.24) is 20.5 Å². The molecule has 10 heteroatoms. The minimum Gasteiger partial charge on any atom is -0.370 e. The molecule has 5 rings (SSSR count). The van der Waals surface area contributed by atoms with E-state index >= 15 is 0 Å². The lowest BCUT2D eigenvalue weighted by Crippen LogP contribution is -2.37. The third-order valence-electron chi connectivity index (χ3n) is 6.04. The number of rotatable bonds is 8. The van der Waals surface area contributed by atoms with Gasteiger partial charge in [0, 0.05) is 36.3 Å². The van der Waals surface area contributed by atoms with Crippen LogP contribution in [-0.2, 0) is 13.0 Å². The van der Waals surface area contributed by atoms with Gasteiger partial charge in [-0.15, -0.1) is 11.3 Å². The lowest BCUT2D eigenvalue weighted by molar-refractivity contribution is 0.262. The van der Waals surface area contributed by atoms with Gasteiger partial charge in [0.1, 0.15) is 11.4 Å². The van der Waals surface area contributed by atoms with Crippen LogP contribution < -0.4 is 21.3 Å². The zero-order chi connectivity index (χ0) is 23.4. The highest BCUT2D eigenvalue weighted by molar-refractivity contribution is 8.06. The Hall–Kier alpha value is -2.82. The van der Waals surface area contributed by atoms with Crippen LogP contribution >= 0.6 is 23.1 Å². The number of anilines is 2. The summed E-state index contributed by atoms with van der Waals surface area (Å²) in [7, 11) is 0. The maximum absolute atomic E-state index is 12.5. The number of carbonyl (C=O) groups is 1. The first kappa shape index (κ1) is 22.9. The monoisotopic (exact) mass is 495 g/mol. The topological polar surface area (TPSA) is 93.7 Å². The Morgan fingerprint density at radius 2 is 2.15 bits per heavy atom. The van der Waals surface area contributed by atoms with Gasteiger partial charge in [0.25, 0.3) is 0 Å². The molecule has 0 aliphatic carbocycles. The first-order valence-corrected chi connectivity index (χ1v) is 13.2. The molecular weight excluding hydrogens is 466 g/mol. The van der Waals surface area contributed by atoms with Gasteiger partial charge in [-0.25, -0.2) is 9.78 Å². The third kappa shape index (κ3) is 5.45. The lowest BCUT2D eigenvalue weighted by Gasteiger charge is -2.27. The SMILES string of the molecule is CC12C=CSC1=C(NCCc1cnc(NC(=O)Nc3cccc(CN4CCCC4)c3)s1)NC=N2. The smallest absolute Gasteiger partial charge is 0.325 e. The number of amides is 2. The van der Waals surface area contributed by atoms with Gasteiger partial charge < -0.3 is 16.0 Å². The van der Waals surface area contributed by atoms with Gasteiger partial charge in [-0.2, -0.15) is 0 Å². The van der Waals surface area contributed by atoms with Gasteiger partial charge in [0.05, 0.1) is 11.2 Å². The standard InChI is InChI=1S/C24H29N7OS2/c1-24-8-12-33-20(24)21(27-16-28-24)25-9-7-19-14-26-23(34-19)30-22(32)29-18-6-4-5-17(13-18)15-31-10-2-3-11-31/h4-6,8,12-14,16,25H,2-3,7,9-11,15H2,1H3,(H,27,28)(H2,26,29,30,32). The second-order valence-corrected chi connectivity index (χ2v) is 10.8. The minimum atomic E-state index is -0.278. The Balaban J connectivity index is 1.09. The highest BCUT2D eigenvalue weighted by atomic mass is 32.2. The van der Waals surface area contributed by atoms with Crippen molar-refractivity contribution in [1.29, 1.82) is 0 Å². The van der Waals surface area contributed by atoms with Crippen LogP contribution in [0.1, 0.15) is 30.2 Å². The summed E-state index contributed by atoms with van der Waals surface area (Å²) in [5.41, 5.74) is 1.74. The van der Waals surface area contributed by atoms with Crippen LogP contribution in [0.2, 0.25) is 0 Å². The molecular formula is C24H29N7OS2. The highest BCUT2D eigenvalue weighted by Gasteiger charge is 2.34. The van der Waals surface area contributed by atoms with E-state index < -0.39 is 0 Å². The molecule has 0 spiro atoms. The number of likely N-dealkylation sites (tertiary alicyclic amines) is 1. The largest absolute Gasteiger partial charge is 0.370 e. The van der Waals surface area contributed by atoms with E-state index in [0.29, 0.717) is 5.13 Å². The van der Waals surface area contributed by atoms with Crippen LogP contribution in [0.3, 0.4) is 0 Å². The number of aromatic nitrogens is 1. The quantitative estimate of drug-likeness (QED) is 0.436. The van der Waals surface area contributed by atoms with Gasteiger partial charge >= 0.3 is 6.03 Å². The van der Waals surface area contributed by atoms with Gasteiger partial charge in [0.15, 0.2) is 5.13 Å². The average Bonchev–Trinajstić information content (AvgIpc) is 3.56. The van der Waals surface area contributed by atoms with Crippen molar-refractivity contribution in [2.75, 3.05) is 30.3 Å². The Bertz CT molecular complexity index is 1140. The molecule has 0 bridgehead atoms. The number of aliphatic imine (C=N–C) groups is 1. The van der Waals surface area contributed by atoms with Crippen molar-refractivity contribution in [3.63, 3.8) is 0 Å². The molecule has 0 saturated carbocycles. The number of hydrogen-bond donors (Lipinski definition) is 4. The Labute approximate surface area is 208 Å². The fourth-order valence-corrected chi connectivity index (χ4v) is 6.15. The number of thiazole rings is 1. The first-order valence-electron chi connectivity index (χ1n) is 11.5. The number of fused-ring (bicyclic) bond motifs is 1. The van der Waals surface area contributed by atoms with E-state index in [2.05, 4.69) is 60.6 Å². The molecule has 1 aromatic carbocycles. The molecule has 4 heterocycles. The summed E-state index contributed by atoms with van der Waals surface area (Å²) in [6, 6.07) is 7.77. The van der Waals surface area contributed by atoms with Gasteiger partial charge in [-0.3, -0.25) is 15.2 Å². The highest BCUT2D eigenvalue weighted by Crippen LogP contribution is 2.41. The molecule has 34 heavy (non-hydrogen) atoms. The van der Waals surface area contributed by atoms with Crippen LogP contribution in [0.5, 0.6) is 0 Å². The van der Waals surface area contributed by atoms with E-state index in [1.165, 1.54) is 34.6 Å². The predicted molar refractivity (Wildman–Crippen MR) is 141 cm³/mol. The van der Waals surface area contributed by atoms with Crippen molar-refractivity contribution >= 4 is 46.3 Å². The fourth-order valence-electron chi connectivity index (χ4n) is 4.27. The lowest BCUT2D eigenvalue weighted by atomic mass is 10.0. The zero-order valence-electron chi connectivity index (χ0n) is 19.1. The number of carbonyl (C=O) groups excluding carboxylic acids is 1. The van der Waals surface area contributed by atoms with Crippen molar-refractivity contribution < 1.29 is 4.79 Å². The van der Waals surface area contributed by atoms with Crippen LogP contribution in [-0.4, -0.2) is 47.4 Å². The second-order valence-electron chi connectivity index (χ2n) is 8.75. The molecule has 1 saturated heterocycles. The number of thioether (sulfide) groups is 1. The molecule has 178 valence electrons. The van der Waals surface area contributed by atoms with E-state index in [1.54, 1.807) is 18.1 Å². The maximum Gasteiger partial charge on any atom is 0.325 e. The van der Waals surface area contributed by atoms with E-state index in [4.69, 9.17) is 0 Å². The van der Waals surface area contributed by atoms with Crippen molar-refractivity contribution in [3.05, 3.63) is 63.1 Å². The summed E-state index contributed by atoms with van der Waals surface area (Å²) in [6.07, 6.45) is 9.03. The third-order valence-corrected chi connectivity index (χ3v) is 8.14. The zero-order valence-corrected chi connectivity index (χ0v) is 20.8. The summed E-state index contributed by atoms with van der Waals surface area (Å²) in [5, 5.41) is 15.1.